The standard InChI is InChI=1S/C30H28NO3/c1-30(2,26-9-4-3-5-10-26)27-13-17-29(18-14-27)34-22-25-8-6-7-24(19-25)21-33-28-15-11-23(12-16-28)20-31-32/h3-19,32H,21-22H2,1-2H3. The van der Waals surface area contributed by atoms with Crippen molar-refractivity contribution in [3.05, 3.63) is 131 Å². The zero-order valence-electron chi connectivity index (χ0n) is 19.4. The van der Waals surface area contributed by atoms with Crippen molar-refractivity contribution in [1.29, 1.82) is 0 Å². The maximum absolute atomic E-state index is 8.54. The van der Waals surface area contributed by atoms with Crippen LogP contribution in [0.4, 0.5) is 0 Å². The summed E-state index contributed by atoms with van der Waals surface area (Å²) in [4.78, 5) is 0. The van der Waals surface area contributed by atoms with Crippen LogP contribution in [-0.2, 0) is 18.6 Å². The topological polar surface area (TPSA) is 51.0 Å². The largest absolute Gasteiger partial charge is 0.489 e. The van der Waals surface area contributed by atoms with Gasteiger partial charge >= 0.3 is 0 Å². The van der Waals surface area contributed by atoms with E-state index in [1.807, 2.05) is 42.5 Å². The summed E-state index contributed by atoms with van der Waals surface area (Å²) in [7, 11) is 0. The third kappa shape index (κ3) is 5.84. The Morgan fingerprint density at radius 1 is 0.676 bits per heavy atom. The van der Waals surface area contributed by atoms with Crippen LogP contribution in [0.5, 0.6) is 11.5 Å². The molecular weight excluding hydrogens is 422 g/mol. The second-order valence-corrected chi connectivity index (χ2v) is 8.65. The Morgan fingerprint density at radius 3 is 1.76 bits per heavy atom. The smallest absolute Gasteiger partial charge is 0.139 e. The molecule has 4 aromatic rings. The summed E-state index contributed by atoms with van der Waals surface area (Å²) < 4.78 is 11.9. The zero-order chi connectivity index (χ0) is 23.8. The summed E-state index contributed by atoms with van der Waals surface area (Å²) in [6.07, 6.45) is 2.47. The van der Waals surface area contributed by atoms with Crippen LogP contribution in [0.1, 0.15) is 41.7 Å². The monoisotopic (exact) mass is 450 g/mol. The van der Waals surface area contributed by atoms with Crippen molar-refractivity contribution in [3.8, 4) is 11.5 Å². The maximum atomic E-state index is 8.54. The number of ether oxygens (including phenoxy) is 2. The van der Waals surface area contributed by atoms with E-state index in [-0.39, 0.29) is 5.41 Å². The molecule has 0 amide bonds. The Hall–Kier alpha value is -4.05. The van der Waals surface area contributed by atoms with E-state index < -0.39 is 0 Å². The second-order valence-electron chi connectivity index (χ2n) is 8.65. The van der Waals surface area contributed by atoms with E-state index in [0.717, 1.165) is 22.6 Å². The van der Waals surface area contributed by atoms with Crippen molar-refractivity contribution in [2.24, 2.45) is 5.16 Å². The van der Waals surface area contributed by atoms with Crippen LogP contribution in [0.25, 0.3) is 0 Å². The van der Waals surface area contributed by atoms with Gasteiger partial charge in [0.05, 0.1) is 0 Å². The van der Waals surface area contributed by atoms with E-state index in [1.54, 1.807) is 12.1 Å². The predicted molar refractivity (Wildman–Crippen MR) is 135 cm³/mol. The molecule has 171 valence electrons. The van der Waals surface area contributed by atoms with Gasteiger partial charge in [-0.1, -0.05) is 79.7 Å². The van der Waals surface area contributed by atoms with Crippen LogP contribution in [0, 0.1) is 0 Å². The van der Waals surface area contributed by atoms with Crippen LogP contribution < -0.4 is 9.47 Å². The Kier molecular flexibility index (Phi) is 7.28. The minimum Gasteiger partial charge on any atom is -0.489 e. The molecule has 0 saturated carbocycles. The first-order valence-corrected chi connectivity index (χ1v) is 11.2. The van der Waals surface area contributed by atoms with E-state index >= 15 is 0 Å². The summed E-state index contributed by atoms with van der Waals surface area (Å²) in [5.41, 5.74) is 5.30. The third-order valence-electron chi connectivity index (χ3n) is 5.91. The van der Waals surface area contributed by atoms with E-state index in [2.05, 4.69) is 73.7 Å². The molecule has 0 unspecified atom stereocenters. The molecule has 4 heteroatoms. The molecule has 0 aromatic heterocycles. The first-order valence-electron chi connectivity index (χ1n) is 11.2. The highest BCUT2D eigenvalue weighted by Gasteiger charge is 2.22. The fourth-order valence-electron chi connectivity index (χ4n) is 3.82. The van der Waals surface area contributed by atoms with Crippen molar-refractivity contribution >= 4 is 6.21 Å². The summed E-state index contributed by atoms with van der Waals surface area (Å²) in [6, 6.07) is 34.3. The van der Waals surface area contributed by atoms with Crippen LogP contribution in [0.15, 0.2) is 108 Å². The van der Waals surface area contributed by atoms with Crippen LogP contribution in [0.2, 0.25) is 0 Å². The van der Waals surface area contributed by atoms with Crippen LogP contribution in [-0.4, -0.2) is 11.4 Å². The lowest BCUT2D eigenvalue weighted by Crippen LogP contribution is -2.18. The van der Waals surface area contributed by atoms with Crippen LogP contribution >= 0.6 is 0 Å². The fourth-order valence-corrected chi connectivity index (χ4v) is 3.82. The summed E-state index contributed by atoms with van der Waals surface area (Å²) in [5, 5.41) is 11.4. The van der Waals surface area contributed by atoms with Gasteiger partial charge in [0.1, 0.15) is 30.9 Å². The van der Waals surface area contributed by atoms with Gasteiger partial charge in [-0.2, -0.15) is 0 Å². The van der Waals surface area contributed by atoms with E-state index in [9.17, 15) is 0 Å². The van der Waals surface area contributed by atoms with Crippen molar-refractivity contribution in [2.45, 2.75) is 32.5 Å². The number of hydrogen-bond donors (Lipinski definition) is 1. The van der Waals surface area contributed by atoms with Crippen molar-refractivity contribution < 1.29 is 14.7 Å². The highest BCUT2D eigenvalue weighted by atomic mass is 16.5. The molecule has 0 fully saturated rings. The molecule has 0 saturated heterocycles. The van der Waals surface area contributed by atoms with Crippen molar-refractivity contribution in [2.75, 3.05) is 0 Å². The SMILES string of the molecule is CC(C)(c1ccccc1)c1ccc(OCc2cccc(COc3ccc(/[C]=N/O)cc3)c2)cc1. The van der Waals surface area contributed by atoms with E-state index in [0.29, 0.717) is 18.8 Å². The molecule has 0 aliphatic rings. The fraction of sp³-hybridized carbons (Fsp3) is 0.167. The van der Waals surface area contributed by atoms with Gasteiger partial charge in [0.25, 0.3) is 0 Å². The minimum absolute atomic E-state index is 0.0703. The molecule has 0 bridgehead atoms. The second kappa shape index (κ2) is 10.7. The Bertz CT molecular complexity index is 1210. The number of nitrogens with zero attached hydrogens (tertiary/aromatic N) is 1. The lowest BCUT2D eigenvalue weighted by atomic mass is 9.78. The molecule has 0 aliphatic carbocycles. The summed E-state index contributed by atoms with van der Waals surface area (Å²) in [5.74, 6) is 1.58. The van der Waals surface area contributed by atoms with Gasteiger partial charge in [-0.05, 0) is 64.7 Å². The highest BCUT2D eigenvalue weighted by Crippen LogP contribution is 2.32. The average molecular weight is 451 g/mol. The summed E-state index contributed by atoms with van der Waals surface area (Å²) >= 11 is 0. The molecule has 1 N–H and O–H groups in total. The lowest BCUT2D eigenvalue weighted by molar-refractivity contribution is 0.300. The van der Waals surface area contributed by atoms with Gasteiger partial charge in [-0.3, -0.25) is 0 Å². The number of benzene rings is 4. The minimum atomic E-state index is -0.0703. The first kappa shape index (κ1) is 23.1. The Morgan fingerprint density at radius 2 is 1.21 bits per heavy atom. The molecule has 34 heavy (non-hydrogen) atoms. The van der Waals surface area contributed by atoms with Gasteiger partial charge in [-0.25, -0.2) is 0 Å². The molecule has 0 atom stereocenters. The zero-order valence-corrected chi connectivity index (χ0v) is 19.4. The lowest BCUT2D eigenvalue weighted by Gasteiger charge is -2.26. The normalized spacial score (nSPS) is 11.5. The number of hydrogen-bond acceptors (Lipinski definition) is 4. The quantitative estimate of drug-likeness (QED) is 0.172. The van der Waals surface area contributed by atoms with Gasteiger partial charge in [0, 0.05) is 11.0 Å². The Labute approximate surface area is 201 Å². The first-order chi connectivity index (χ1) is 16.5. The average Bonchev–Trinajstić information content (AvgIpc) is 2.88. The molecule has 0 heterocycles. The molecule has 4 aromatic carbocycles. The van der Waals surface area contributed by atoms with Gasteiger partial charge < -0.3 is 14.7 Å². The van der Waals surface area contributed by atoms with Crippen LogP contribution in [0.3, 0.4) is 0 Å². The van der Waals surface area contributed by atoms with E-state index in [4.69, 9.17) is 14.7 Å². The molecular formula is C30H28NO3. The Balaban J connectivity index is 1.33. The van der Waals surface area contributed by atoms with Gasteiger partial charge in [0.15, 0.2) is 0 Å². The summed E-state index contributed by atoms with van der Waals surface area (Å²) in [6.45, 7) is 5.42. The van der Waals surface area contributed by atoms with Gasteiger partial charge in [-0.15, -0.1) is 0 Å². The molecule has 4 rings (SSSR count). The molecule has 0 spiro atoms. The molecule has 0 aliphatic heterocycles. The number of rotatable bonds is 9. The molecule has 1 radical (unpaired) electrons. The van der Waals surface area contributed by atoms with Crippen molar-refractivity contribution in [1.82, 2.24) is 0 Å². The van der Waals surface area contributed by atoms with Gasteiger partial charge in [0.2, 0.25) is 0 Å². The predicted octanol–water partition coefficient (Wildman–Crippen LogP) is 6.86. The third-order valence-corrected chi connectivity index (χ3v) is 5.91. The van der Waals surface area contributed by atoms with Crippen molar-refractivity contribution in [3.63, 3.8) is 0 Å². The van der Waals surface area contributed by atoms with E-state index in [1.165, 1.54) is 11.1 Å². The maximum Gasteiger partial charge on any atom is 0.139 e. The molecule has 4 nitrogen and oxygen atoms in total. The highest BCUT2D eigenvalue weighted by molar-refractivity contribution is 5.79.